The summed E-state index contributed by atoms with van der Waals surface area (Å²) >= 11 is 3.45. The predicted octanol–water partition coefficient (Wildman–Crippen LogP) is 2.02. The van der Waals surface area contributed by atoms with Gasteiger partial charge in [0.1, 0.15) is 5.75 Å². The normalized spacial score (nSPS) is 19.9. The van der Waals surface area contributed by atoms with E-state index in [-0.39, 0.29) is 11.9 Å². The molecule has 0 saturated carbocycles. The molecule has 1 atom stereocenters. The van der Waals surface area contributed by atoms with Crippen molar-refractivity contribution in [3.8, 4) is 5.75 Å². The minimum absolute atomic E-state index is 0.102. The molecule has 0 radical (unpaired) electrons. The fraction of sp³-hybridized carbons (Fsp3) is 0.300. The average molecular weight is 256 g/mol. The summed E-state index contributed by atoms with van der Waals surface area (Å²) in [6.07, 6.45) is 0.561. The van der Waals surface area contributed by atoms with Crippen molar-refractivity contribution in [2.24, 2.45) is 0 Å². The fourth-order valence-corrected chi connectivity index (χ4v) is 1.99. The van der Waals surface area contributed by atoms with E-state index in [4.69, 9.17) is 4.74 Å². The molecule has 4 heteroatoms. The molecule has 1 aromatic carbocycles. The number of rotatable bonds is 2. The molecule has 3 nitrogen and oxygen atoms in total. The van der Waals surface area contributed by atoms with Gasteiger partial charge in [0.25, 0.3) is 0 Å². The third-order valence-corrected chi connectivity index (χ3v) is 3.03. The first-order valence-electron chi connectivity index (χ1n) is 4.33. The third kappa shape index (κ3) is 1.62. The molecule has 1 N–H and O–H groups in total. The monoisotopic (exact) mass is 255 g/mol. The molecule has 14 heavy (non-hydrogen) atoms. The second-order valence-electron chi connectivity index (χ2n) is 3.21. The van der Waals surface area contributed by atoms with Gasteiger partial charge in [-0.3, -0.25) is 4.79 Å². The van der Waals surface area contributed by atoms with Crippen molar-refractivity contribution < 1.29 is 9.53 Å². The molecular formula is C10H10BrNO2. The van der Waals surface area contributed by atoms with E-state index in [2.05, 4.69) is 21.2 Å². The quantitative estimate of drug-likeness (QED) is 0.822. The van der Waals surface area contributed by atoms with Gasteiger partial charge in [-0.2, -0.15) is 0 Å². The minimum Gasteiger partial charge on any atom is -0.497 e. The summed E-state index contributed by atoms with van der Waals surface area (Å²) in [4.78, 5) is 10.8. The molecule has 1 aliphatic rings. The molecule has 0 aliphatic carbocycles. The molecule has 1 aliphatic heterocycles. The van der Waals surface area contributed by atoms with Gasteiger partial charge in [-0.1, -0.05) is 15.9 Å². The standard InChI is InChI=1S/C10H10BrNO2/c1-14-6-2-3-8(11)7(4-6)9-5-10(13)12-9/h2-4,9H,5H2,1H3,(H,12,13). The third-order valence-electron chi connectivity index (χ3n) is 2.30. The number of hydrogen-bond acceptors (Lipinski definition) is 2. The van der Waals surface area contributed by atoms with Crippen molar-refractivity contribution in [3.05, 3.63) is 28.2 Å². The van der Waals surface area contributed by atoms with Crippen LogP contribution in [-0.2, 0) is 4.79 Å². The van der Waals surface area contributed by atoms with Crippen molar-refractivity contribution in [2.45, 2.75) is 12.5 Å². The lowest BCUT2D eigenvalue weighted by Crippen LogP contribution is -2.41. The van der Waals surface area contributed by atoms with Crippen LogP contribution in [0.1, 0.15) is 18.0 Å². The zero-order valence-electron chi connectivity index (χ0n) is 7.71. The molecule has 0 bridgehead atoms. The maximum Gasteiger partial charge on any atom is 0.222 e. The highest BCUT2D eigenvalue weighted by molar-refractivity contribution is 9.10. The van der Waals surface area contributed by atoms with Gasteiger partial charge in [0.05, 0.1) is 19.6 Å². The molecule has 1 unspecified atom stereocenters. The molecule has 2 rings (SSSR count). The Balaban J connectivity index is 2.27. The van der Waals surface area contributed by atoms with Gasteiger partial charge in [-0.15, -0.1) is 0 Å². The molecule has 1 amide bonds. The van der Waals surface area contributed by atoms with Crippen LogP contribution in [-0.4, -0.2) is 13.0 Å². The maximum atomic E-state index is 10.8. The van der Waals surface area contributed by atoms with Gasteiger partial charge in [0.2, 0.25) is 5.91 Å². The largest absolute Gasteiger partial charge is 0.497 e. The van der Waals surface area contributed by atoms with E-state index in [1.165, 1.54) is 0 Å². The minimum atomic E-state index is 0.102. The van der Waals surface area contributed by atoms with E-state index >= 15 is 0 Å². The first-order valence-corrected chi connectivity index (χ1v) is 5.13. The number of carbonyl (C=O) groups is 1. The van der Waals surface area contributed by atoms with Crippen molar-refractivity contribution in [3.63, 3.8) is 0 Å². The van der Waals surface area contributed by atoms with E-state index in [0.717, 1.165) is 15.8 Å². The van der Waals surface area contributed by atoms with Gasteiger partial charge in [-0.25, -0.2) is 0 Å². The van der Waals surface area contributed by atoms with Crippen molar-refractivity contribution in [1.29, 1.82) is 0 Å². The number of β-lactam (4-membered cyclic amide) rings is 1. The van der Waals surface area contributed by atoms with Crippen LogP contribution in [0.5, 0.6) is 5.75 Å². The first kappa shape index (κ1) is 9.52. The van der Waals surface area contributed by atoms with E-state index in [0.29, 0.717) is 6.42 Å². The van der Waals surface area contributed by atoms with E-state index < -0.39 is 0 Å². The molecule has 1 aromatic rings. The second-order valence-corrected chi connectivity index (χ2v) is 4.07. The smallest absolute Gasteiger partial charge is 0.222 e. The first-order chi connectivity index (χ1) is 6.70. The van der Waals surface area contributed by atoms with Crippen LogP contribution in [0.15, 0.2) is 22.7 Å². The summed E-state index contributed by atoms with van der Waals surface area (Å²) in [7, 11) is 1.63. The van der Waals surface area contributed by atoms with Crippen molar-refractivity contribution in [1.82, 2.24) is 5.32 Å². The predicted molar refractivity (Wildman–Crippen MR) is 56.2 cm³/mol. The van der Waals surface area contributed by atoms with Gasteiger partial charge >= 0.3 is 0 Å². The van der Waals surface area contributed by atoms with Crippen LogP contribution >= 0.6 is 15.9 Å². The Kier molecular flexibility index (Phi) is 2.46. The molecule has 0 spiro atoms. The SMILES string of the molecule is COc1ccc(Br)c(C2CC(=O)N2)c1. The summed E-state index contributed by atoms with van der Waals surface area (Å²) in [5.41, 5.74) is 1.07. The average Bonchev–Trinajstić information content (AvgIpc) is 2.14. The van der Waals surface area contributed by atoms with Gasteiger partial charge in [-0.05, 0) is 23.8 Å². The zero-order chi connectivity index (χ0) is 10.1. The van der Waals surface area contributed by atoms with Crippen molar-refractivity contribution >= 4 is 21.8 Å². The van der Waals surface area contributed by atoms with Crippen molar-refractivity contribution in [2.75, 3.05) is 7.11 Å². The van der Waals surface area contributed by atoms with E-state index in [9.17, 15) is 4.79 Å². The molecule has 74 valence electrons. The highest BCUT2D eigenvalue weighted by Gasteiger charge is 2.28. The Morgan fingerprint density at radius 3 is 2.86 bits per heavy atom. The molecule has 1 saturated heterocycles. The highest BCUT2D eigenvalue weighted by Crippen LogP contribution is 2.32. The van der Waals surface area contributed by atoms with Gasteiger partial charge in [0, 0.05) is 4.47 Å². The van der Waals surface area contributed by atoms with Crippen LogP contribution in [0.2, 0.25) is 0 Å². The number of halogens is 1. The summed E-state index contributed by atoms with van der Waals surface area (Å²) in [5.74, 6) is 0.911. The number of carbonyl (C=O) groups excluding carboxylic acids is 1. The summed E-state index contributed by atoms with van der Waals surface area (Å²) in [5, 5.41) is 2.83. The number of benzene rings is 1. The number of methoxy groups -OCH3 is 1. The summed E-state index contributed by atoms with van der Waals surface area (Å²) in [6.45, 7) is 0. The zero-order valence-corrected chi connectivity index (χ0v) is 9.30. The Labute approximate surface area is 90.6 Å². The number of ether oxygens (including phenoxy) is 1. The maximum absolute atomic E-state index is 10.8. The van der Waals surface area contributed by atoms with Crippen LogP contribution in [0.3, 0.4) is 0 Å². The lowest BCUT2D eigenvalue weighted by molar-refractivity contribution is -0.128. The highest BCUT2D eigenvalue weighted by atomic mass is 79.9. The second kappa shape index (κ2) is 3.61. The van der Waals surface area contributed by atoms with Crippen LogP contribution in [0.25, 0.3) is 0 Å². The Morgan fingerprint density at radius 1 is 1.57 bits per heavy atom. The van der Waals surface area contributed by atoms with Crippen LogP contribution in [0.4, 0.5) is 0 Å². The lowest BCUT2D eigenvalue weighted by Gasteiger charge is -2.28. The molecular weight excluding hydrogens is 246 g/mol. The van der Waals surface area contributed by atoms with Gasteiger partial charge < -0.3 is 10.1 Å². The number of nitrogens with one attached hydrogen (secondary N) is 1. The Hall–Kier alpha value is -1.03. The fourth-order valence-electron chi connectivity index (χ4n) is 1.46. The van der Waals surface area contributed by atoms with Crippen LogP contribution < -0.4 is 10.1 Å². The van der Waals surface area contributed by atoms with E-state index in [1.54, 1.807) is 7.11 Å². The topological polar surface area (TPSA) is 38.3 Å². The van der Waals surface area contributed by atoms with Gasteiger partial charge in [0.15, 0.2) is 0 Å². The number of hydrogen-bond donors (Lipinski definition) is 1. The molecule has 1 fully saturated rings. The lowest BCUT2D eigenvalue weighted by atomic mass is 9.97. The Morgan fingerprint density at radius 2 is 2.29 bits per heavy atom. The molecule has 1 heterocycles. The summed E-state index contributed by atoms with van der Waals surface area (Å²) in [6, 6.07) is 5.88. The Bertz CT molecular complexity index is 370. The number of amides is 1. The molecule has 0 aromatic heterocycles. The van der Waals surface area contributed by atoms with E-state index in [1.807, 2.05) is 18.2 Å². The summed E-state index contributed by atoms with van der Waals surface area (Å²) < 4.78 is 6.12. The van der Waals surface area contributed by atoms with Crippen LogP contribution in [0, 0.1) is 0 Å².